The van der Waals surface area contributed by atoms with Crippen molar-refractivity contribution >= 4 is 5.82 Å². The standard InChI is InChI=1S/C12H13F3N4.C6H11NO.C6H10.C2H6.CH4/c1-7(2)19-4-3-10(18-19)8-5-9(12(13,14)15)11(16)17-6-8;1-2-6(8-3-1)4-7-5-6;1-2-5-4-6(5)3-1;1-2;/h3-7H,1-2H3,(H2,16,17);7H,1-5H2;5-6H,1-4H2;1-2H3;1H4/t;;5-,6?;;/m..1../s1. The Hall–Kier alpha value is -2.13. The minimum atomic E-state index is -4.52. The molecular formula is C27H44F3N5O. The van der Waals surface area contributed by atoms with Crippen LogP contribution in [0.15, 0.2) is 24.5 Å². The van der Waals surface area contributed by atoms with Crippen molar-refractivity contribution in [2.24, 2.45) is 11.8 Å². The predicted molar refractivity (Wildman–Crippen MR) is 140 cm³/mol. The summed E-state index contributed by atoms with van der Waals surface area (Å²) in [5, 5.41) is 7.42. The number of alkyl halides is 3. The van der Waals surface area contributed by atoms with Crippen LogP contribution in [0.3, 0.4) is 0 Å². The summed E-state index contributed by atoms with van der Waals surface area (Å²) >= 11 is 0. The Bertz CT molecular complexity index is 924. The van der Waals surface area contributed by atoms with Gasteiger partial charge in [-0.15, -0.1) is 0 Å². The number of fused-ring (bicyclic) bond motifs is 1. The summed E-state index contributed by atoms with van der Waals surface area (Å²) in [5.74, 6) is 1.90. The Kier molecular flexibility index (Phi) is 10.8. The maximum Gasteiger partial charge on any atom is 0.419 e. The van der Waals surface area contributed by atoms with Crippen molar-refractivity contribution in [2.75, 3.05) is 25.4 Å². The number of rotatable bonds is 2. The van der Waals surface area contributed by atoms with E-state index in [2.05, 4.69) is 15.4 Å². The molecule has 6 rings (SSSR count). The number of hydrogen-bond acceptors (Lipinski definition) is 5. The molecule has 2 atom stereocenters. The van der Waals surface area contributed by atoms with Crippen LogP contribution in [0.5, 0.6) is 0 Å². The molecule has 3 N–H and O–H groups in total. The number of nitrogen functional groups attached to an aromatic ring is 1. The van der Waals surface area contributed by atoms with Gasteiger partial charge in [0, 0.05) is 43.7 Å². The second-order valence-corrected chi connectivity index (χ2v) is 9.85. The van der Waals surface area contributed by atoms with Crippen molar-refractivity contribution in [3.8, 4) is 11.3 Å². The number of nitrogens with one attached hydrogen (secondary N) is 1. The van der Waals surface area contributed by atoms with Gasteiger partial charge in [-0.1, -0.05) is 40.5 Å². The minimum absolute atomic E-state index is 0. The molecule has 0 aromatic carbocycles. The first-order valence-electron chi connectivity index (χ1n) is 12.9. The molecule has 4 aliphatic rings. The molecule has 0 bridgehead atoms. The third-order valence-electron chi connectivity index (χ3n) is 6.96. The Morgan fingerprint density at radius 2 is 1.83 bits per heavy atom. The zero-order valence-electron chi connectivity index (χ0n) is 21.4. The lowest BCUT2D eigenvalue weighted by Crippen LogP contribution is -2.58. The number of hydrogen-bond donors (Lipinski definition) is 2. The summed E-state index contributed by atoms with van der Waals surface area (Å²) in [6.45, 7) is 11.0. The summed E-state index contributed by atoms with van der Waals surface area (Å²) in [7, 11) is 0. The fraction of sp³-hybridized carbons (Fsp3) is 0.704. The van der Waals surface area contributed by atoms with Gasteiger partial charge in [0.05, 0.1) is 16.9 Å². The molecule has 2 aromatic rings. The monoisotopic (exact) mass is 511 g/mol. The molecule has 2 saturated heterocycles. The van der Waals surface area contributed by atoms with Gasteiger partial charge in [0.25, 0.3) is 0 Å². The fourth-order valence-electron chi connectivity index (χ4n) is 4.72. The fourth-order valence-corrected chi connectivity index (χ4v) is 4.72. The van der Waals surface area contributed by atoms with E-state index in [1.165, 1.54) is 37.3 Å². The molecule has 0 radical (unpaired) electrons. The Balaban J connectivity index is 0.000000217. The van der Waals surface area contributed by atoms with E-state index in [0.717, 1.165) is 25.8 Å². The lowest BCUT2D eigenvalue weighted by molar-refractivity contribution is -0.137. The molecule has 2 aliphatic carbocycles. The van der Waals surface area contributed by atoms with Crippen LogP contribution in [-0.4, -0.2) is 40.1 Å². The summed E-state index contributed by atoms with van der Waals surface area (Å²) in [6.07, 6.45) is 7.27. The molecule has 1 unspecified atom stereocenters. The van der Waals surface area contributed by atoms with E-state index in [1.807, 2.05) is 27.7 Å². The van der Waals surface area contributed by atoms with Gasteiger partial charge in [-0.25, -0.2) is 4.98 Å². The Morgan fingerprint density at radius 3 is 2.19 bits per heavy atom. The van der Waals surface area contributed by atoms with Gasteiger partial charge in [0.1, 0.15) is 5.82 Å². The number of aromatic nitrogens is 3. The molecule has 4 fully saturated rings. The zero-order chi connectivity index (χ0) is 25.6. The molecule has 2 aromatic heterocycles. The number of nitrogens with zero attached hydrogens (tertiary/aromatic N) is 3. The van der Waals surface area contributed by atoms with Crippen molar-refractivity contribution in [1.29, 1.82) is 0 Å². The lowest BCUT2D eigenvalue weighted by atomic mass is 9.94. The molecule has 2 aliphatic heterocycles. The van der Waals surface area contributed by atoms with Gasteiger partial charge in [-0.3, -0.25) is 4.68 Å². The highest BCUT2D eigenvalue weighted by atomic mass is 19.4. The van der Waals surface area contributed by atoms with Crippen LogP contribution in [0, 0.1) is 11.8 Å². The van der Waals surface area contributed by atoms with Crippen LogP contribution in [0.25, 0.3) is 11.3 Å². The second kappa shape index (κ2) is 12.9. The Morgan fingerprint density at radius 1 is 1.17 bits per heavy atom. The van der Waals surface area contributed by atoms with Crippen molar-refractivity contribution in [3.05, 3.63) is 30.1 Å². The SMILES string of the molecule is C.C1CC2C[C@H]2C1.C1COC2(C1)CNC2.CC.CC(C)n1ccc(-c2cnc(N)c(C(F)(F)F)c2)n1. The first-order chi connectivity index (χ1) is 16.7. The topological polar surface area (TPSA) is 78.0 Å². The largest absolute Gasteiger partial charge is 0.419 e. The van der Waals surface area contributed by atoms with Crippen LogP contribution in [0.2, 0.25) is 0 Å². The van der Waals surface area contributed by atoms with Gasteiger partial charge >= 0.3 is 6.18 Å². The summed E-state index contributed by atoms with van der Waals surface area (Å²) in [4.78, 5) is 3.58. The highest BCUT2D eigenvalue weighted by molar-refractivity contribution is 5.61. The maximum absolute atomic E-state index is 12.7. The smallest absolute Gasteiger partial charge is 0.383 e. The van der Waals surface area contributed by atoms with Crippen LogP contribution in [0.4, 0.5) is 19.0 Å². The predicted octanol–water partition coefficient (Wildman–Crippen LogP) is 6.73. The van der Waals surface area contributed by atoms with Gasteiger partial charge in [0.2, 0.25) is 0 Å². The van der Waals surface area contributed by atoms with Crippen LogP contribution in [0.1, 0.15) is 85.3 Å². The van der Waals surface area contributed by atoms with E-state index >= 15 is 0 Å². The van der Waals surface area contributed by atoms with Crippen LogP contribution < -0.4 is 11.1 Å². The summed E-state index contributed by atoms with van der Waals surface area (Å²) < 4.78 is 45.4. The molecule has 0 amide bonds. The lowest BCUT2D eigenvalue weighted by Gasteiger charge is -2.37. The first-order valence-corrected chi connectivity index (χ1v) is 12.9. The molecule has 6 nitrogen and oxygen atoms in total. The molecule has 1 spiro atoms. The van der Waals surface area contributed by atoms with Gasteiger partial charge in [-0.05, 0) is 57.1 Å². The van der Waals surface area contributed by atoms with Gasteiger partial charge < -0.3 is 15.8 Å². The third kappa shape index (κ3) is 7.68. The molecular weight excluding hydrogens is 467 g/mol. The number of halogens is 3. The molecule has 2 saturated carbocycles. The third-order valence-corrected chi connectivity index (χ3v) is 6.96. The number of anilines is 1. The first kappa shape index (κ1) is 30.1. The number of pyridine rings is 1. The van der Waals surface area contributed by atoms with E-state index < -0.39 is 17.6 Å². The maximum atomic E-state index is 12.7. The zero-order valence-corrected chi connectivity index (χ0v) is 21.4. The highest BCUT2D eigenvalue weighted by Crippen LogP contribution is 2.51. The molecule has 4 heterocycles. The second-order valence-electron chi connectivity index (χ2n) is 9.85. The highest BCUT2D eigenvalue weighted by Gasteiger charge is 2.41. The molecule has 204 valence electrons. The van der Waals surface area contributed by atoms with Crippen molar-refractivity contribution in [1.82, 2.24) is 20.1 Å². The Labute approximate surface area is 214 Å². The number of nitrogens with two attached hydrogens (primary N) is 1. The quantitative estimate of drug-likeness (QED) is 0.467. The van der Waals surface area contributed by atoms with Gasteiger partial charge in [0.15, 0.2) is 0 Å². The summed E-state index contributed by atoms with van der Waals surface area (Å²) in [5.41, 5.74) is 5.34. The molecule has 36 heavy (non-hydrogen) atoms. The van der Waals surface area contributed by atoms with Crippen molar-refractivity contribution in [3.63, 3.8) is 0 Å². The molecule has 9 heteroatoms. The average molecular weight is 512 g/mol. The van der Waals surface area contributed by atoms with E-state index in [4.69, 9.17) is 10.5 Å². The average Bonchev–Trinajstić information content (AvgIpc) is 3.28. The summed E-state index contributed by atoms with van der Waals surface area (Å²) in [6, 6.07) is 2.75. The van der Waals surface area contributed by atoms with E-state index in [9.17, 15) is 13.2 Å². The number of ether oxygens (including phenoxy) is 1. The van der Waals surface area contributed by atoms with E-state index in [-0.39, 0.29) is 13.5 Å². The van der Waals surface area contributed by atoms with E-state index in [1.54, 1.807) is 36.2 Å². The van der Waals surface area contributed by atoms with E-state index in [0.29, 0.717) is 16.9 Å². The normalized spacial score (nSPS) is 22.6. The van der Waals surface area contributed by atoms with Crippen molar-refractivity contribution in [2.45, 2.75) is 91.5 Å². The van der Waals surface area contributed by atoms with Crippen molar-refractivity contribution < 1.29 is 17.9 Å². The minimum Gasteiger partial charge on any atom is -0.383 e. The van der Waals surface area contributed by atoms with Crippen LogP contribution >= 0.6 is 0 Å². The van der Waals surface area contributed by atoms with Gasteiger partial charge in [-0.2, -0.15) is 18.3 Å². The van der Waals surface area contributed by atoms with Crippen LogP contribution in [-0.2, 0) is 10.9 Å².